The van der Waals surface area contributed by atoms with Crippen LogP contribution in [0.4, 0.5) is 34.1 Å². The lowest BCUT2D eigenvalue weighted by Gasteiger charge is -2.31. The van der Waals surface area contributed by atoms with Gasteiger partial charge in [-0.1, -0.05) is 317 Å². The quantitative estimate of drug-likeness (QED) is 0.0908. The number of hydrogen-bond acceptors (Lipinski definition) is 3. The molecule has 2 aliphatic rings. The van der Waals surface area contributed by atoms with Crippen LogP contribution in [0.3, 0.4) is 0 Å². The van der Waals surface area contributed by atoms with Crippen LogP contribution < -0.4 is 9.80 Å². The molecule has 0 N–H and O–H groups in total. The number of hydrogen-bond donors (Lipinski definition) is 1. The van der Waals surface area contributed by atoms with Gasteiger partial charge < -0.3 is 9.80 Å². The van der Waals surface area contributed by atoms with Crippen molar-refractivity contribution in [2.24, 2.45) is 0 Å². The third-order valence-electron chi connectivity index (χ3n) is 24.0. The molecule has 20 aromatic rings. The molecular formula is C109H74N2S2. The van der Waals surface area contributed by atoms with E-state index in [4.69, 9.17) is 0 Å². The lowest BCUT2D eigenvalue weighted by Crippen LogP contribution is -2.14. The van der Waals surface area contributed by atoms with Crippen molar-refractivity contribution in [3.05, 3.63) is 418 Å². The van der Waals surface area contributed by atoms with Gasteiger partial charge in [-0.3, -0.25) is 0 Å². The number of benzene rings is 19. The van der Waals surface area contributed by atoms with Crippen molar-refractivity contribution in [2.45, 2.75) is 33.9 Å². The Labute approximate surface area is 665 Å². The fraction of sp³-hybridized carbons (Fsp3) is 0.0275. The van der Waals surface area contributed by atoms with E-state index in [-0.39, 0.29) is 5.41 Å². The summed E-state index contributed by atoms with van der Waals surface area (Å²) in [5.74, 6) is 0. The first-order chi connectivity index (χ1) is 55.8. The first kappa shape index (κ1) is 66.4. The van der Waals surface area contributed by atoms with Crippen LogP contribution >= 0.6 is 22.2 Å². The van der Waals surface area contributed by atoms with E-state index in [0.717, 1.165) is 61.9 Å². The van der Waals surface area contributed by atoms with Crippen molar-refractivity contribution >= 4 is 120 Å². The van der Waals surface area contributed by atoms with E-state index >= 15 is 0 Å². The smallest absolute Gasteiger partial charge is 0.0555 e. The van der Waals surface area contributed by atoms with E-state index in [1.165, 1.54) is 150 Å². The van der Waals surface area contributed by atoms with Crippen LogP contribution in [0.2, 0.25) is 0 Å². The highest BCUT2D eigenvalue weighted by Crippen LogP contribution is 2.66. The van der Waals surface area contributed by atoms with Crippen molar-refractivity contribution < 1.29 is 0 Å². The molecule has 113 heavy (non-hydrogen) atoms. The van der Waals surface area contributed by atoms with E-state index in [2.05, 4.69) is 430 Å². The molecule has 19 aromatic carbocycles. The molecule has 4 heteroatoms. The lowest BCUT2D eigenvalue weighted by atomic mass is 9.81. The van der Waals surface area contributed by atoms with E-state index in [9.17, 15) is 0 Å². The summed E-state index contributed by atoms with van der Waals surface area (Å²) in [5.41, 5.74) is 28.5. The van der Waals surface area contributed by atoms with Crippen LogP contribution in [0.1, 0.15) is 25.0 Å². The van der Waals surface area contributed by atoms with Gasteiger partial charge in [-0.2, -0.15) is 10.9 Å². The number of para-hydroxylation sites is 1. The molecule has 532 valence electrons. The van der Waals surface area contributed by atoms with Crippen molar-refractivity contribution in [2.75, 3.05) is 9.80 Å². The number of anilines is 6. The summed E-state index contributed by atoms with van der Waals surface area (Å²) in [6, 6.07) is 153. The molecule has 1 aromatic heterocycles. The molecular weight excluding hydrogens is 1400 g/mol. The van der Waals surface area contributed by atoms with Gasteiger partial charge in [0.05, 0.1) is 22.7 Å². The Morgan fingerprint density at radius 1 is 0.239 bits per heavy atom. The zero-order valence-corrected chi connectivity index (χ0v) is 64.1. The molecule has 2 heterocycles. The van der Waals surface area contributed by atoms with Gasteiger partial charge in [-0.15, -0.1) is 11.3 Å². The van der Waals surface area contributed by atoms with Gasteiger partial charge in [0, 0.05) is 63.4 Å². The minimum absolute atomic E-state index is 0.128. The zero-order valence-electron chi connectivity index (χ0n) is 62.4. The van der Waals surface area contributed by atoms with Gasteiger partial charge in [-0.05, 0) is 235 Å². The van der Waals surface area contributed by atoms with E-state index in [1.54, 1.807) is 0 Å². The summed E-state index contributed by atoms with van der Waals surface area (Å²) >= 11 is 1.87. The maximum Gasteiger partial charge on any atom is 0.0555 e. The topological polar surface area (TPSA) is 6.48 Å². The Hall–Kier alpha value is -13.6. The summed E-state index contributed by atoms with van der Waals surface area (Å²) in [6.45, 7) is 4.75. The molecule has 1 unspecified atom stereocenters. The fourth-order valence-corrected chi connectivity index (χ4v) is 22.3. The van der Waals surface area contributed by atoms with E-state index < -0.39 is 10.9 Å². The summed E-state index contributed by atoms with van der Waals surface area (Å²) in [5, 5.41) is 12.4. The molecule has 22 rings (SSSR count). The zero-order chi connectivity index (χ0) is 74.8. The Morgan fingerprint density at radius 2 is 0.681 bits per heavy atom. The Bertz CT molecular complexity index is 7230. The second-order valence-electron chi connectivity index (χ2n) is 30.6. The Kier molecular flexibility index (Phi) is 15.8. The maximum atomic E-state index is 2.60. The van der Waals surface area contributed by atoms with Gasteiger partial charge in [0.15, 0.2) is 0 Å². The first-order valence-electron chi connectivity index (χ1n) is 39.1. The summed E-state index contributed by atoms with van der Waals surface area (Å²) in [4.78, 5) is 9.08. The van der Waals surface area contributed by atoms with Crippen molar-refractivity contribution in [1.82, 2.24) is 0 Å². The SMILES string of the molecule is CC1(C)c2ccccc2-c2ccc(-c3ccc(N(c4cc([SH]5c6ccccc6-c6c(N(c7ccc(-c8ccc9c(ccc%10ccccc%109)c8)cc7)c7ccccc7-c7cccc(-c8cccc9ccccc89)c7)cccc65)ccc4-c4cccc(-c5cccc6ccccc56)c4)c4cccc5sc6ccccc6c45)cc3)cc21. The second kappa shape index (κ2) is 26.9. The molecule has 0 amide bonds. The molecule has 2 nitrogen and oxygen atoms in total. The van der Waals surface area contributed by atoms with Crippen molar-refractivity contribution in [3.8, 4) is 89.0 Å². The number of thiol groups is 1. The number of rotatable bonds is 13. The third-order valence-corrected chi connectivity index (χ3v) is 27.6. The number of fused-ring (bicyclic) bond motifs is 14. The van der Waals surface area contributed by atoms with Gasteiger partial charge in [0.2, 0.25) is 0 Å². The monoisotopic (exact) mass is 1470 g/mol. The molecule has 1 aliphatic carbocycles. The third kappa shape index (κ3) is 11.1. The molecule has 1 aliphatic heterocycles. The summed E-state index contributed by atoms with van der Waals surface area (Å²) < 4.78 is 2.52. The van der Waals surface area contributed by atoms with Gasteiger partial charge in [0.1, 0.15) is 0 Å². The largest absolute Gasteiger partial charge is 0.309 e. The van der Waals surface area contributed by atoms with Crippen LogP contribution in [0.25, 0.3) is 152 Å². The number of thiophene rings is 1. The summed E-state index contributed by atoms with van der Waals surface area (Å²) in [6.07, 6.45) is 0. The normalized spacial score (nSPS) is 13.5. The fourth-order valence-electron chi connectivity index (χ4n) is 18.6. The molecule has 0 spiro atoms. The van der Waals surface area contributed by atoms with E-state index in [1.807, 2.05) is 11.3 Å². The molecule has 1 atom stereocenters. The average Bonchev–Trinajstić information content (AvgIpc) is 1.60. The average molecular weight is 1480 g/mol. The van der Waals surface area contributed by atoms with Gasteiger partial charge in [-0.25, -0.2) is 0 Å². The molecule has 0 fully saturated rings. The number of nitrogens with zero attached hydrogens (tertiary/aromatic N) is 2. The van der Waals surface area contributed by atoms with Crippen molar-refractivity contribution in [1.29, 1.82) is 0 Å². The predicted molar refractivity (Wildman–Crippen MR) is 485 cm³/mol. The Morgan fingerprint density at radius 3 is 1.39 bits per heavy atom. The van der Waals surface area contributed by atoms with Crippen LogP contribution in [-0.2, 0) is 5.41 Å². The highest BCUT2D eigenvalue weighted by atomic mass is 32.2. The molecule has 0 radical (unpaired) electrons. The minimum atomic E-state index is -1.20. The minimum Gasteiger partial charge on any atom is -0.309 e. The van der Waals surface area contributed by atoms with Crippen LogP contribution in [0.15, 0.2) is 421 Å². The van der Waals surface area contributed by atoms with Gasteiger partial charge >= 0.3 is 0 Å². The molecule has 0 saturated carbocycles. The first-order valence-corrected chi connectivity index (χ1v) is 41.3. The standard InChI is InChI=1S/C109H74N2S2/c1-109(2)97-41-13-9-36-93(97)94-63-56-76(68-98(94)109)71-53-59-83(60-54-71)111(100-43-21-46-104-107(100)95-37-11-15-45-103(95)112-104)102-69-84(61-64-92(102)80-31-18-29-78(67-80)89-40-20-27-73-24-4-7-33-86(73)89)113-105-47-16-12-38-96(105)108-101(44-22-48-106(108)113)110(82-57-51-70(52-58-82)75-55-62-90-81(65-75)50-49-74-25-5-8-34-87(74)90)99-42-14-10-35-91(99)79-30-17-28-77(66-79)88-39-19-26-72-23-3-6-32-85(72)88/h3-69,113H,1-2H3. The van der Waals surface area contributed by atoms with E-state index in [0.29, 0.717) is 0 Å². The predicted octanol–water partition coefficient (Wildman–Crippen LogP) is 31.4. The molecule has 0 saturated heterocycles. The maximum absolute atomic E-state index is 2.60. The molecule has 0 bridgehead atoms. The lowest BCUT2D eigenvalue weighted by molar-refractivity contribution is 0.660. The highest BCUT2D eigenvalue weighted by Gasteiger charge is 2.37. The van der Waals surface area contributed by atoms with Crippen LogP contribution in [-0.4, -0.2) is 0 Å². The summed E-state index contributed by atoms with van der Waals surface area (Å²) in [7, 11) is -1.20. The van der Waals surface area contributed by atoms with Crippen LogP contribution in [0, 0.1) is 0 Å². The van der Waals surface area contributed by atoms with Crippen LogP contribution in [0.5, 0.6) is 0 Å². The Balaban J connectivity index is 0.742. The highest BCUT2D eigenvalue weighted by molar-refractivity contribution is 8.17. The second-order valence-corrected chi connectivity index (χ2v) is 33.9. The van der Waals surface area contributed by atoms with Crippen molar-refractivity contribution in [3.63, 3.8) is 0 Å². The van der Waals surface area contributed by atoms with Gasteiger partial charge in [0.25, 0.3) is 0 Å².